The zero-order chi connectivity index (χ0) is 14.7. The van der Waals surface area contributed by atoms with E-state index in [0.29, 0.717) is 22.0 Å². The van der Waals surface area contributed by atoms with Crippen LogP contribution in [0.5, 0.6) is 0 Å². The van der Waals surface area contributed by atoms with Crippen molar-refractivity contribution in [3.8, 4) is 11.4 Å². The predicted octanol–water partition coefficient (Wildman–Crippen LogP) is 3.61. The number of halogens is 2. The molecule has 1 aromatic heterocycles. The lowest BCUT2D eigenvalue weighted by molar-refractivity contribution is 0.478. The largest absolute Gasteiger partial charge is 0.367 e. The van der Waals surface area contributed by atoms with Gasteiger partial charge in [0.05, 0.1) is 0 Å². The first-order valence-corrected chi connectivity index (χ1v) is 7.74. The number of nitrogens with zero attached hydrogens (tertiary/aromatic N) is 2. The second-order valence-electron chi connectivity index (χ2n) is 5.08. The third-order valence-electron chi connectivity index (χ3n) is 3.49. The van der Waals surface area contributed by atoms with Crippen molar-refractivity contribution in [1.82, 2.24) is 15.3 Å². The lowest BCUT2D eigenvalue weighted by atomic mass is 10.1. The van der Waals surface area contributed by atoms with Crippen molar-refractivity contribution in [3.05, 3.63) is 40.5 Å². The fraction of sp³-hybridized carbons (Fsp3) is 0.333. The summed E-state index contributed by atoms with van der Waals surface area (Å²) in [6.45, 7) is 2.06. The number of aromatic nitrogens is 2. The molecule has 0 radical (unpaired) electrons. The van der Waals surface area contributed by atoms with Crippen LogP contribution in [-0.4, -0.2) is 29.1 Å². The summed E-state index contributed by atoms with van der Waals surface area (Å²) in [7, 11) is 0. The van der Waals surface area contributed by atoms with E-state index < -0.39 is 0 Å². The number of piperidine rings is 1. The Balaban J connectivity index is 1.83. The van der Waals surface area contributed by atoms with Crippen molar-refractivity contribution in [2.75, 3.05) is 18.4 Å². The second-order valence-corrected chi connectivity index (χ2v) is 5.90. The molecular formula is C15H16Cl2N4. The Morgan fingerprint density at radius 1 is 1.05 bits per heavy atom. The van der Waals surface area contributed by atoms with Crippen LogP contribution in [0.4, 0.5) is 5.82 Å². The average molecular weight is 323 g/mol. The molecule has 1 aliphatic rings. The molecule has 21 heavy (non-hydrogen) atoms. The van der Waals surface area contributed by atoms with Crippen LogP contribution in [0.3, 0.4) is 0 Å². The van der Waals surface area contributed by atoms with Gasteiger partial charge in [0.2, 0.25) is 0 Å². The van der Waals surface area contributed by atoms with E-state index in [0.717, 1.165) is 37.3 Å². The van der Waals surface area contributed by atoms with Crippen LogP contribution in [-0.2, 0) is 0 Å². The molecule has 1 aromatic carbocycles. The van der Waals surface area contributed by atoms with Gasteiger partial charge in [0.1, 0.15) is 11.0 Å². The van der Waals surface area contributed by atoms with E-state index >= 15 is 0 Å². The molecule has 3 rings (SSSR count). The van der Waals surface area contributed by atoms with Crippen LogP contribution in [0.15, 0.2) is 30.3 Å². The Labute approximate surface area is 133 Å². The maximum absolute atomic E-state index is 6.12. The van der Waals surface area contributed by atoms with E-state index in [1.165, 1.54) is 0 Å². The standard InChI is InChI=1S/C15H16Cl2N4/c16-11-3-1-10(2-4-11)15-20-13(17)9-14(21-15)19-12-5-7-18-8-6-12/h1-4,9,12,18H,5-8H2,(H,19,20,21). The molecule has 2 aromatic rings. The molecule has 0 spiro atoms. The summed E-state index contributed by atoms with van der Waals surface area (Å²) in [6.07, 6.45) is 2.16. The molecule has 1 fully saturated rings. The van der Waals surface area contributed by atoms with Gasteiger partial charge in [0.25, 0.3) is 0 Å². The second kappa shape index (κ2) is 6.60. The number of anilines is 1. The first-order chi connectivity index (χ1) is 10.2. The first kappa shape index (κ1) is 14.6. The number of rotatable bonds is 3. The summed E-state index contributed by atoms with van der Waals surface area (Å²) in [4.78, 5) is 8.84. The zero-order valence-corrected chi connectivity index (χ0v) is 13.0. The molecule has 110 valence electrons. The van der Waals surface area contributed by atoms with Gasteiger partial charge in [-0.3, -0.25) is 0 Å². The van der Waals surface area contributed by atoms with Gasteiger partial charge in [-0.2, -0.15) is 0 Å². The maximum atomic E-state index is 6.12. The van der Waals surface area contributed by atoms with Gasteiger partial charge in [-0.05, 0) is 50.2 Å². The van der Waals surface area contributed by atoms with E-state index in [9.17, 15) is 0 Å². The average Bonchev–Trinajstić information content (AvgIpc) is 2.48. The number of hydrogen-bond acceptors (Lipinski definition) is 4. The Morgan fingerprint density at radius 3 is 2.48 bits per heavy atom. The SMILES string of the molecule is Clc1ccc(-c2nc(Cl)cc(NC3CCNCC3)n2)cc1. The van der Waals surface area contributed by atoms with Gasteiger partial charge in [-0.1, -0.05) is 23.2 Å². The van der Waals surface area contributed by atoms with Crippen molar-refractivity contribution in [1.29, 1.82) is 0 Å². The number of benzene rings is 1. The molecular weight excluding hydrogens is 307 g/mol. The molecule has 6 heteroatoms. The topological polar surface area (TPSA) is 49.8 Å². The smallest absolute Gasteiger partial charge is 0.163 e. The molecule has 0 amide bonds. The maximum Gasteiger partial charge on any atom is 0.163 e. The van der Waals surface area contributed by atoms with Gasteiger partial charge in [-0.25, -0.2) is 9.97 Å². The highest BCUT2D eigenvalue weighted by atomic mass is 35.5. The summed E-state index contributed by atoms with van der Waals surface area (Å²) in [5.74, 6) is 1.38. The van der Waals surface area contributed by atoms with E-state index in [1.54, 1.807) is 6.07 Å². The summed E-state index contributed by atoms with van der Waals surface area (Å²) in [5.41, 5.74) is 0.898. The highest BCUT2D eigenvalue weighted by molar-refractivity contribution is 6.30. The van der Waals surface area contributed by atoms with E-state index in [4.69, 9.17) is 23.2 Å². The van der Waals surface area contributed by atoms with E-state index in [2.05, 4.69) is 20.6 Å². The molecule has 0 bridgehead atoms. The Kier molecular flexibility index (Phi) is 4.58. The lowest BCUT2D eigenvalue weighted by Crippen LogP contribution is -2.35. The molecule has 1 aliphatic heterocycles. The van der Waals surface area contributed by atoms with Crippen LogP contribution in [0.2, 0.25) is 10.2 Å². The molecule has 0 unspecified atom stereocenters. The van der Waals surface area contributed by atoms with Gasteiger partial charge in [0.15, 0.2) is 5.82 Å². The molecule has 0 aliphatic carbocycles. The summed E-state index contributed by atoms with van der Waals surface area (Å²) >= 11 is 12.0. The van der Waals surface area contributed by atoms with Crippen LogP contribution < -0.4 is 10.6 Å². The minimum Gasteiger partial charge on any atom is -0.367 e. The van der Waals surface area contributed by atoms with Crippen LogP contribution in [0, 0.1) is 0 Å². The van der Waals surface area contributed by atoms with Gasteiger partial charge in [0, 0.05) is 22.7 Å². The summed E-state index contributed by atoms with van der Waals surface area (Å²) in [6, 6.07) is 9.62. The molecule has 0 atom stereocenters. The predicted molar refractivity (Wildman–Crippen MR) is 87.0 cm³/mol. The fourth-order valence-electron chi connectivity index (χ4n) is 2.40. The molecule has 2 N–H and O–H groups in total. The molecule has 2 heterocycles. The van der Waals surface area contributed by atoms with Crippen molar-refractivity contribution < 1.29 is 0 Å². The number of hydrogen-bond donors (Lipinski definition) is 2. The Bertz CT molecular complexity index is 610. The van der Waals surface area contributed by atoms with Gasteiger partial charge < -0.3 is 10.6 Å². The summed E-state index contributed by atoms with van der Waals surface area (Å²) in [5, 5.41) is 7.91. The first-order valence-electron chi connectivity index (χ1n) is 6.98. The van der Waals surface area contributed by atoms with E-state index in [-0.39, 0.29) is 0 Å². The Morgan fingerprint density at radius 2 is 1.76 bits per heavy atom. The van der Waals surface area contributed by atoms with Crippen molar-refractivity contribution in [2.45, 2.75) is 18.9 Å². The van der Waals surface area contributed by atoms with Crippen LogP contribution in [0.25, 0.3) is 11.4 Å². The third-order valence-corrected chi connectivity index (χ3v) is 3.93. The van der Waals surface area contributed by atoms with Gasteiger partial charge >= 0.3 is 0 Å². The molecule has 1 saturated heterocycles. The summed E-state index contributed by atoms with van der Waals surface area (Å²) < 4.78 is 0. The minimum absolute atomic E-state index is 0.426. The molecule has 0 saturated carbocycles. The highest BCUT2D eigenvalue weighted by Crippen LogP contribution is 2.23. The minimum atomic E-state index is 0.426. The van der Waals surface area contributed by atoms with Crippen LogP contribution in [0.1, 0.15) is 12.8 Å². The highest BCUT2D eigenvalue weighted by Gasteiger charge is 2.14. The van der Waals surface area contributed by atoms with Crippen LogP contribution >= 0.6 is 23.2 Å². The quantitative estimate of drug-likeness (QED) is 0.847. The van der Waals surface area contributed by atoms with E-state index in [1.807, 2.05) is 24.3 Å². The van der Waals surface area contributed by atoms with Gasteiger partial charge in [-0.15, -0.1) is 0 Å². The fourth-order valence-corrected chi connectivity index (χ4v) is 2.70. The third kappa shape index (κ3) is 3.84. The van der Waals surface area contributed by atoms with Crippen molar-refractivity contribution in [2.24, 2.45) is 0 Å². The zero-order valence-electron chi connectivity index (χ0n) is 11.4. The van der Waals surface area contributed by atoms with Crippen molar-refractivity contribution >= 4 is 29.0 Å². The monoisotopic (exact) mass is 322 g/mol. The number of nitrogens with one attached hydrogen (secondary N) is 2. The lowest BCUT2D eigenvalue weighted by Gasteiger charge is -2.24. The van der Waals surface area contributed by atoms with Crippen molar-refractivity contribution in [3.63, 3.8) is 0 Å². The Hall–Kier alpha value is -1.36. The molecule has 4 nitrogen and oxygen atoms in total. The normalized spacial score (nSPS) is 15.9.